The van der Waals surface area contributed by atoms with Gasteiger partial charge in [-0.2, -0.15) is 5.26 Å². The Bertz CT molecular complexity index is 1100. The second-order valence-electron chi connectivity index (χ2n) is 5.35. The number of aromatic nitrogens is 2. The number of para-hydroxylation sites is 2. The predicted octanol–water partition coefficient (Wildman–Crippen LogP) is 3.60. The maximum Gasteiger partial charge on any atom is 0.158 e. The lowest BCUT2D eigenvalue weighted by Gasteiger charge is -2.13. The third kappa shape index (κ3) is 1.75. The number of hydrogen-bond acceptors (Lipinski definition) is 4. The highest BCUT2D eigenvalue weighted by Crippen LogP contribution is 2.34. The van der Waals surface area contributed by atoms with E-state index in [9.17, 15) is 5.26 Å². The van der Waals surface area contributed by atoms with Gasteiger partial charge in [0.1, 0.15) is 11.6 Å². The average Bonchev–Trinajstić information content (AvgIpc) is 2.99. The molecular weight excluding hydrogens is 286 g/mol. The molecular formula is C18H15N5. The quantitative estimate of drug-likeness (QED) is 0.594. The number of fused-ring (bicyclic) bond motifs is 5. The van der Waals surface area contributed by atoms with E-state index in [4.69, 9.17) is 0 Å². The number of nitrogens with one attached hydrogen (secondary N) is 2. The van der Waals surface area contributed by atoms with Crippen molar-refractivity contribution in [2.45, 2.75) is 0 Å². The minimum absolute atomic E-state index is 0.563. The Hall–Kier alpha value is -3.26. The number of pyridine rings is 1. The van der Waals surface area contributed by atoms with Crippen molar-refractivity contribution in [3.63, 3.8) is 0 Å². The molecule has 0 aliphatic carbocycles. The Morgan fingerprint density at radius 3 is 2.61 bits per heavy atom. The van der Waals surface area contributed by atoms with Crippen LogP contribution in [0.1, 0.15) is 5.56 Å². The largest absolute Gasteiger partial charge is 0.388 e. The average molecular weight is 301 g/mol. The minimum Gasteiger partial charge on any atom is -0.388 e. The van der Waals surface area contributed by atoms with Gasteiger partial charge in [0, 0.05) is 25.2 Å². The summed E-state index contributed by atoms with van der Waals surface area (Å²) in [7, 11) is 3.73. The van der Waals surface area contributed by atoms with Crippen molar-refractivity contribution < 1.29 is 0 Å². The number of imidazole rings is 1. The number of benzene rings is 2. The van der Waals surface area contributed by atoms with Crippen LogP contribution in [-0.2, 0) is 0 Å². The van der Waals surface area contributed by atoms with Crippen molar-refractivity contribution in [1.29, 1.82) is 5.26 Å². The zero-order chi connectivity index (χ0) is 16.0. The van der Waals surface area contributed by atoms with Gasteiger partial charge in [0.2, 0.25) is 0 Å². The molecule has 0 amide bonds. The standard InChI is InChI=1S/C18H15N5/c1-20-11-7-8-12-16(9-11)23-15-6-4-3-5-14(15)22-18(23)13(10-19)17(12)21-2/h3-9,20-21H,1-2H3. The molecule has 0 bridgehead atoms. The van der Waals surface area contributed by atoms with Crippen molar-refractivity contribution in [3.8, 4) is 6.07 Å². The fraction of sp³-hybridized carbons (Fsp3) is 0.111. The predicted molar refractivity (Wildman–Crippen MR) is 94.0 cm³/mol. The first-order chi connectivity index (χ1) is 11.3. The minimum atomic E-state index is 0.563. The van der Waals surface area contributed by atoms with Crippen LogP contribution < -0.4 is 10.6 Å². The van der Waals surface area contributed by atoms with Crippen LogP contribution in [0.3, 0.4) is 0 Å². The summed E-state index contributed by atoms with van der Waals surface area (Å²) in [5.41, 5.74) is 5.97. The molecule has 0 radical (unpaired) electrons. The first-order valence-electron chi connectivity index (χ1n) is 7.41. The van der Waals surface area contributed by atoms with Gasteiger partial charge in [0.05, 0.1) is 22.2 Å². The summed E-state index contributed by atoms with van der Waals surface area (Å²) in [6, 6.07) is 16.4. The van der Waals surface area contributed by atoms with E-state index in [-0.39, 0.29) is 0 Å². The highest BCUT2D eigenvalue weighted by molar-refractivity contribution is 6.03. The third-order valence-corrected chi connectivity index (χ3v) is 4.19. The van der Waals surface area contributed by atoms with Crippen LogP contribution in [0.25, 0.3) is 27.6 Å². The molecule has 2 heterocycles. The summed E-state index contributed by atoms with van der Waals surface area (Å²) in [5, 5.41) is 17.0. The fourth-order valence-electron chi connectivity index (χ4n) is 3.13. The molecule has 112 valence electrons. The fourth-order valence-corrected chi connectivity index (χ4v) is 3.13. The van der Waals surface area contributed by atoms with Crippen LogP contribution in [0.2, 0.25) is 0 Å². The van der Waals surface area contributed by atoms with E-state index in [1.807, 2.05) is 50.5 Å². The first kappa shape index (κ1) is 13.4. The van der Waals surface area contributed by atoms with E-state index >= 15 is 0 Å². The van der Waals surface area contributed by atoms with Gasteiger partial charge < -0.3 is 10.6 Å². The van der Waals surface area contributed by atoms with Gasteiger partial charge in [-0.15, -0.1) is 0 Å². The molecule has 0 saturated carbocycles. The van der Waals surface area contributed by atoms with Gasteiger partial charge in [-0.05, 0) is 30.3 Å². The molecule has 0 saturated heterocycles. The van der Waals surface area contributed by atoms with Gasteiger partial charge in [-0.3, -0.25) is 4.40 Å². The van der Waals surface area contributed by atoms with Gasteiger partial charge in [0.15, 0.2) is 5.65 Å². The lowest BCUT2D eigenvalue weighted by atomic mass is 10.1. The Balaban J connectivity index is 2.35. The van der Waals surface area contributed by atoms with Crippen molar-refractivity contribution in [2.75, 3.05) is 24.7 Å². The molecule has 2 aromatic heterocycles. The summed E-state index contributed by atoms with van der Waals surface area (Å²) in [6.07, 6.45) is 0. The molecule has 0 atom stereocenters. The molecule has 5 heteroatoms. The van der Waals surface area contributed by atoms with E-state index in [0.717, 1.165) is 33.3 Å². The highest BCUT2D eigenvalue weighted by atomic mass is 15.0. The summed E-state index contributed by atoms with van der Waals surface area (Å²) < 4.78 is 2.06. The molecule has 0 aliphatic rings. The van der Waals surface area contributed by atoms with Crippen LogP contribution in [0, 0.1) is 11.3 Å². The second kappa shape index (κ2) is 4.89. The molecule has 4 rings (SSSR count). The van der Waals surface area contributed by atoms with Crippen molar-refractivity contribution in [1.82, 2.24) is 9.38 Å². The Kier molecular flexibility index (Phi) is 2.85. The van der Waals surface area contributed by atoms with Gasteiger partial charge in [-0.25, -0.2) is 4.98 Å². The van der Waals surface area contributed by atoms with E-state index in [2.05, 4.69) is 32.2 Å². The van der Waals surface area contributed by atoms with Crippen LogP contribution in [0.4, 0.5) is 11.4 Å². The van der Waals surface area contributed by atoms with Crippen LogP contribution in [-0.4, -0.2) is 23.5 Å². The number of rotatable bonds is 2. The molecule has 23 heavy (non-hydrogen) atoms. The maximum absolute atomic E-state index is 9.68. The smallest absolute Gasteiger partial charge is 0.158 e. The summed E-state index contributed by atoms with van der Waals surface area (Å²) in [6.45, 7) is 0. The van der Waals surface area contributed by atoms with Gasteiger partial charge in [-0.1, -0.05) is 12.1 Å². The Labute approximate surface area is 133 Å². The molecule has 0 fully saturated rings. The van der Waals surface area contributed by atoms with Gasteiger partial charge in [0.25, 0.3) is 0 Å². The SMILES string of the molecule is CNc1ccc2c(NC)c(C#N)c3nc4ccccc4n3c2c1. The van der Waals surface area contributed by atoms with E-state index < -0.39 is 0 Å². The molecule has 2 aromatic carbocycles. The van der Waals surface area contributed by atoms with Crippen molar-refractivity contribution >= 4 is 39.0 Å². The van der Waals surface area contributed by atoms with E-state index in [1.54, 1.807) is 0 Å². The molecule has 2 N–H and O–H groups in total. The molecule has 0 unspecified atom stereocenters. The van der Waals surface area contributed by atoms with Crippen LogP contribution in [0.5, 0.6) is 0 Å². The van der Waals surface area contributed by atoms with Crippen molar-refractivity contribution in [3.05, 3.63) is 48.0 Å². The monoisotopic (exact) mass is 301 g/mol. The lowest BCUT2D eigenvalue weighted by molar-refractivity contribution is 1.27. The highest BCUT2D eigenvalue weighted by Gasteiger charge is 2.17. The Morgan fingerprint density at radius 2 is 1.87 bits per heavy atom. The molecule has 5 nitrogen and oxygen atoms in total. The third-order valence-electron chi connectivity index (χ3n) is 4.19. The zero-order valence-electron chi connectivity index (χ0n) is 12.9. The number of hydrogen-bond donors (Lipinski definition) is 2. The van der Waals surface area contributed by atoms with E-state index in [1.165, 1.54) is 0 Å². The summed E-state index contributed by atoms with van der Waals surface area (Å²) >= 11 is 0. The van der Waals surface area contributed by atoms with Crippen LogP contribution >= 0.6 is 0 Å². The zero-order valence-corrected chi connectivity index (χ0v) is 12.9. The van der Waals surface area contributed by atoms with Gasteiger partial charge >= 0.3 is 0 Å². The molecule has 0 aliphatic heterocycles. The molecule has 4 aromatic rings. The molecule has 0 spiro atoms. The van der Waals surface area contributed by atoms with Crippen LogP contribution in [0.15, 0.2) is 42.5 Å². The first-order valence-corrected chi connectivity index (χ1v) is 7.41. The summed E-state index contributed by atoms with van der Waals surface area (Å²) in [5.74, 6) is 0. The van der Waals surface area contributed by atoms with Crippen molar-refractivity contribution in [2.24, 2.45) is 0 Å². The topological polar surface area (TPSA) is 65.1 Å². The van der Waals surface area contributed by atoms with E-state index in [0.29, 0.717) is 11.2 Å². The number of nitrogens with zero attached hydrogens (tertiary/aromatic N) is 3. The number of nitriles is 1. The maximum atomic E-state index is 9.68. The Morgan fingerprint density at radius 1 is 1.04 bits per heavy atom. The lowest BCUT2D eigenvalue weighted by Crippen LogP contribution is -2.01. The second-order valence-corrected chi connectivity index (χ2v) is 5.35. The number of anilines is 2. The normalized spacial score (nSPS) is 11.0. The summed E-state index contributed by atoms with van der Waals surface area (Å²) in [4.78, 5) is 4.68.